The molecule has 0 radical (unpaired) electrons. The van der Waals surface area contributed by atoms with E-state index in [0.29, 0.717) is 55.5 Å². The van der Waals surface area contributed by atoms with Gasteiger partial charge in [0, 0.05) is 19.8 Å². The van der Waals surface area contributed by atoms with Gasteiger partial charge < -0.3 is 28.7 Å². The van der Waals surface area contributed by atoms with Gasteiger partial charge in [0.05, 0.1) is 56.7 Å². The summed E-state index contributed by atoms with van der Waals surface area (Å²) in [7, 11) is 0.191. The van der Waals surface area contributed by atoms with Gasteiger partial charge in [0.1, 0.15) is 18.9 Å². The second-order valence-electron chi connectivity index (χ2n) is 13.5. The molecule has 0 spiro atoms. The minimum Gasteiger partial charge on any atom is -0.851 e. The molecule has 47 heavy (non-hydrogen) atoms. The number of hydrogen-bond donors (Lipinski definition) is 0. The van der Waals surface area contributed by atoms with Gasteiger partial charge in [0.2, 0.25) is 0 Å². The molecule has 0 fully saturated rings. The maximum Gasteiger partial charge on any atom is 0.179 e. The molecule has 1 aliphatic heterocycles. The molecule has 0 unspecified atom stereocenters. The number of hydrogen-bond acceptors (Lipinski definition) is 7. The molecule has 1 aliphatic rings. The van der Waals surface area contributed by atoms with Crippen LogP contribution in [0.4, 0.5) is 5.69 Å². The second-order valence-corrected chi connectivity index (χ2v) is 15.5. The lowest BCUT2D eigenvalue weighted by molar-refractivity contribution is -0.923. The summed E-state index contributed by atoms with van der Waals surface area (Å²) in [4.78, 5) is 2.25. The Labute approximate surface area is 285 Å². The van der Waals surface area contributed by atoms with Crippen LogP contribution in [0, 0.1) is 5.41 Å². The third kappa shape index (κ3) is 10.2. The smallest absolute Gasteiger partial charge is 0.179 e. The number of unbranched alkanes of at least 4 members (excludes halogenated alkanes) is 2. The first kappa shape index (κ1) is 39.3. The SMILES string of the molecule is CCCCC1(CCCC)CS(=O)(=O)c2ccc(N(C)C)cc2[C@@H](c2ccc(OCCOCCOCC[N+](CC)(CC)CC)cc2)[C@H]1[O-]. The van der Waals surface area contributed by atoms with Crippen LogP contribution in [0.1, 0.15) is 90.2 Å². The first-order valence-corrected chi connectivity index (χ1v) is 19.6. The lowest BCUT2D eigenvalue weighted by Crippen LogP contribution is -2.50. The van der Waals surface area contributed by atoms with Crippen molar-refractivity contribution in [2.45, 2.75) is 90.1 Å². The van der Waals surface area contributed by atoms with E-state index < -0.39 is 27.3 Å². The highest BCUT2D eigenvalue weighted by atomic mass is 32.2. The summed E-state index contributed by atoms with van der Waals surface area (Å²) >= 11 is 0. The zero-order valence-electron chi connectivity index (χ0n) is 30.3. The Kier molecular flexibility index (Phi) is 15.5. The minimum absolute atomic E-state index is 0.0958. The van der Waals surface area contributed by atoms with Gasteiger partial charge in [-0.05, 0) is 86.4 Å². The summed E-state index contributed by atoms with van der Waals surface area (Å²) in [5.41, 5.74) is 1.48. The van der Waals surface area contributed by atoms with E-state index in [4.69, 9.17) is 14.2 Å². The van der Waals surface area contributed by atoms with E-state index in [1.807, 2.05) is 55.4 Å². The van der Waals surface area contributed by atoms with Crippen LogP contribution >= 0.6 is 0 Å². The van der Waals surface area contributed by atoms with E-state index in [1.165, 1.54) is 0 Å². The van der Waals surface area contributed by atoms with Crippen molar-refractivity contribution >= 4 is 15.5 Å². The average molecular weight is 675 g/mol. The molecule has 0 bridgehead atoms. The molecule has 2 atom stereocenters. The summed E-state index contributed by atoms with van der Waals surface area (Å²) in [5.74, 6) is 0.00124. The quantitative estimate of drug-likeness (QED) is 0.118. The van der Waals surface area contributed by atoms with Crippen molar-refractivity contribution in [3.05, 3.63) is 53.6 Å². The van der Waals surface area contributed by atoms with Gasteiger partial charge in [-0.15, -0.1) is 6.10 Å². The third-order valence-corrected chi connectivity index (χ3v) is 12.4. The van der Waals surface area contributed by atoms with Crippen molar-refractivity contribution in [3.63, 3.8) is 0 Å². The van der Waals surface area contributed by atoms with Gasteiger partial charge >= 0.3 is 0 Å². The van der Waals surface area contributed by atoms with E-state index in [1.54, 1.807) is 6.07 Å². The molecule has 0 aromatic heterocycles. The molecule has 2 aromatic carbocycles. The summed E-state index contributed by atoms with van der Waals surface area (Å²) in [5, 5.41) is 14.9. The average Bonchev–Trinajstić information content (AvgIpc) is 3.14. The summed E-state index contributed by atoms with van der Waals surface area (Å²) in [6.45, 7) is 18.0. The molecule has 9 heteroatoms. The standard InChI is InChI=1S/C38H62N2O6S/c1-8-13-21-38(22-14-9-2)30-47(42,43)35-20-17-32(39(6)7)29-34(35)36(37(38)41)31-15-18-33(19-16-31)46-28-27-45-26-25-44-24-23-40(10-3,11-4)12-5/h15-20,29,36-37H,8-14,21-28,30H2,1-7H3/t36-,37-/m1/s1. The number of ether oxygens (including phenoxy) is 3. The number of rotatable bonds is 21. The Morgan fingerprint density at radius 3 is 1.96 bits per heavy atom. The monoisotopic (exact) mass is 674 g/mol. The topological polar surface area (TPSA) is 88.1 Å². The van der Waals surface area contributed by atoms with E-state index in [0.717, 1.165) is 74.2 Å². The molecule has 0 saturated heterocycles. The molecule has 266 valence electrons. The molecule has 0 N–H and O–H groups in total. The van der Waals surface area contributed by atoms with E-state index >= 15 is 0 Å². The first-order chi connectivity index (χ1) is 22.5. The van der Waals surface area contributed by atoms with Crippen LogP contribution in [0.3, 0.4) is 0 Å². The van der Waals surface area contributed by atoms with E-state index in [9.17, 15) is 13.5 Å². The summed E-state index contributed by atoms with van der Waals surface area (Å²) in [6.07, 6.45) is 3.64. The Hall–Kier alpha value is -2.17. The number of anilines is 1. The van der Waals surface area contributed by atoms with E-state index in [-0.39, 0.29) is 5.75 Å². The molecule has 1 heterocycles. The highest BCUT2D eigenvalue weighted by Crippen LogP contribution is 2.49. The van der Waals surface area contributed by atoms with Crippen molar-refractivity contribution < 1.29 is 32.2 Å². The van der Waals surface area contributed by atoms with Crippen molar-refractivity contribution in [3.8, 4) is 5.75 Å². The van der Waals surface area contributed by atoms with Crippen molar-refractivity contribution in [1.29, 1.82) is 0 Å². The van der Waals surface area contributed by atoms with Gasteiger partial charge in [-0.3, -0.25) is 0 Å². The predicted octanol–water partition coefficient (Wildman–Crippen LogP) is 6.06. The van der Waals surface area contributed by atoms with Crippen LogP contribution in [0.15, 0.2) is 47.4 Å². The van der Waals surface area contributed by atoms with Crippen LogP contribution in [0.2, 0.25) is 0 Å². The van der Waals surface area contributed by atoms with Crippen LogP contribution in [0.25, 0.3) is 0 Å². The minimum atomic E-state index is -3.67. The molecule has 8 nitrogen and oxygen atoms in total. The van der Waals surface area contributed by atoms with Gasteiger partial charge in [-0.2, -0.15) is 0 Å². The summed E-state index contributed by atoms with van der Waals surface area (Å²) < 4.78 is 46.6. The number of sulfone groups is 1. The van der Waals surface area contributed by atoms with Crippen molar-refractivity contribution in [1.82, 2.24) is 0 Å². The predicted molar refractivity (Wildman–Crippen MR) is 190 cm³/mol. The van der Waals surface area contributed by atoms with Gasteiger partial charge in [-0.1, -0.05) is 51.7 Å². The molecule has 3 rings (SSSR count). The zero-order valence-corrected chi connectivity index (χ0v) is 31.1. The van der Waals surface area contributed by atoms with Crippen LogP contribution in [-0.4, -0.2) is 98.1 Å². The summed E-state index contributed by atoms with van der Waals surface area (Å²) in [6, 6.07) is 13.1. The third-order valence-electron chi connectivity index (χ3n) is 10.5. The number of benzene rings is 2. The maximum atomic E-state index is 14.9. The maximum absolute atomic E-state index is 14.9. The molecular formula is C38H62N2O6S. The van der Waals surface area contributed by atoms with Crippen LogP contribution < -0.4 is 14.7 Å². The lowest BCUT2D eigenvalue weighted by atomic mass is 9.68. The zero-order chi connectivity index (χ0) is 34.5. The molecule has 2 aromatic rings. The van der Waals surface area contributed by atoms with Crippen LogP contribution in [-0.2, 0) is 19.3 Å². The first-order valence-electron chi connectivity index (χ1n) is 17.9. The Balaban J connectivity index is 1.73. The van der Waals surface area contributed by atoms with Gasteiger partial charge in [0.15, 0.2) is 9.84 Å². The second kappa shape index (κ2) is 18.6. The lowest BCUT2D eigenvalue weighted by Gasteiger charge is -2.48. The van der Waals surface area contributed by atoms with Gasteiger partial charge in [-0.25, -0.2) is 8.42 Å². The highest BCUT2D eigenvalue weighted by molar-refractivity contribution is 7.91. The number of nitrogens with zero attached hydrogens (tertiary/aromatic N) is 2. The van der Waals surface area contributed by atoms with Gasteiger partial charge in [0.25, 0.3) is 0 Å². The number of fused-ring (bicyclic) bond motifs is 1. The Morgan fingerprint density at radius 1 is 0.830 bits per heavy atom. The van der Waals surface area contributed by atoms with Crippen molar-refractivity contribution in [2.75, 3.05) is 84.0 Å². The fourth-order valence-corrected chi connectivity index (χ4v) is 9.26. The Bertz CT molecular complexity index is 1290. The van der Waals surface area contributed by atoms with Crippen LogP contribution in [0.5, 0.6) is 5.75 Å². The van der Waals surface area contributed by atoms with E-state index in [2.05, 4.69) is 34.6 Å². The van der Waals surface area contributed by atoms with Crippen molar-refractivity contribution in [2.24, 2.45) is 5.41 Å². The number of quaternary nitrogens is 1. The molecule has 0 aliphatic carbocycles. The Morgan fingerprint density at radius 2 is 1.40 bits per heavy atom. The number of likely N-dealkylation sites (N-methyl/N-ethyl adjacent to an activating group) is 1. The fraction of sp³-hybridized carbons (Fsp3) is 0.684. The largest absolute Gasteiger partial charge is 0.851 e. The highest BCUT2D eigenvalue weighted by Gasteiger charge is 2.45. The fourth-order valence-electron chi connectivity index (χ4n) is 7.08. The molecule has 0 amide bonds. The normalized spacial score (nSPS) is 18.8. The molecular weight excluding hydrogens is 612 g/mol. The molecule has 0 saturated carbocycles.